The number of halogens is 1. The summed E-state index contributed by atoms with van der Waals surface area (Å²) in [6, 6.07) is 0.478. The third-order valence-electron chi connectivity index (χ3n) is 0.931. The lowest BCUT2D eigenvalue weighted by Crippen LogP contribution is -2.08. The smallest absolute Gasteiger partial charge is 0.294 e. The van der Waals surface area contributed by atoms with Crippen molar-refractivity contribution < 1.29 is 9.90 Å². The number of aromatic nitrogens is 2. The summed E-state index contributed by atoms with van der Waals surface area (Å²) in [4.78, 5) is 26.6. The second-order valence-electron chi connectivity index (χ2n) is 1.73. The van der Waals surface area contributed by atoms with Gasteiger partial charge >= 0.3 is 0 Å². The summed E-state index contributed by atoms with van der Waals surface area (Å²) in [7, 11) is 0. The highest BCUT2D eigenvalue weighted by Gasteiger charge is 2.04. The average Bonchev–Trinajstić information content (AvgIpc) is 1.85. The van der Waals surface area contributed by atoms with E-state index in [0.29, 0.717) is 0 Å². The fourth-order valence-electron chi connectivity index (χ4n) is 0.545. The maximum absolute atomic E-state index is 10.6. The number of hydrogen-bond acceptors (Lipinski definition) is 4. The molecule has 0 fully saturated rings. The average molecular weight is 266 g/mol. The van der Waals surface area contributed by atoms with Gasteiger partial charge in [-0.3, -0.25) is 14.6 Å². The van der Waals surface area contributed by atoms with Crippen molar-refractivity contribution in [3.63, 3.8) is 0 Å². The van der Waals surface area contributed by atoms with Crippen LogP contribution in [0.4, 0.5) is 0 Å². The predicted octanol–water partition coefficient (Wildman–Crippen LogP) is 0.0507. The van der Waals surface area contributed by atoms with E-state index in [2.05, 4.69) is 4.98 Å². The Hall–Kier alpha value is -0.920. The van der Waals surface area contributed by atoms with Crippen LogP contribution in [0.25, 0.3) is 0 Å². The van der Waals surface area contributed by atoms with E-state index in [1.165, 1.54) is 22.6 Å². The molecule has 0 aliphatic heterocycles. The summed E-state index contributed by atoms with van der Waals surface area (Å²) in [5.74, 6) is 0. The maximum Gasteiger partial charge on any atom is 0.294 e. The largest absolute Gasteiger partial charge is 0.480 e. The molecule has 0 saturated heterocycles. The van der Waals surface area contributed by atoms with Crippen molar-refractivity contribution in [2.75, 3.05) is 0 Å². The summed E-state index contributed by atoms with van der Waals surface area (Å²) in [6.07, 6.45) is 0. The van der Waals surface area contributed by atoms with Crippen molar-refractivity contribution >= 4 is 26.4 Å². The first-order valence-electron chi connectivity index (χ1n) is 2.60. The fraction of sp³-hybridized carbons (Fsp3) is 0. The number of H-pyrrole nitrogens is 1. The molecule has 0 aliphatic carbocycles. The van der Waals surface area contributed by atoms with Gasteiger partial charge in [0, 0.05) is 28.7 Å². The van der Waals surface area contributed by atoms with Crippen molar-refractivity contribution in [3.05, 3.63) is 22.1 Å². The molecule has 11 heavy (non-hydrogen) atoms. The lowest BCUT2D eigenvalue weighted by Gasteiger charge is -1.91. The van der Waals surface area contributed by atoms with Gasteiger partial charge in [0.25, 0.3) is 11.6 Å². The molecule has 1 heterocycles. The van der Waals surface area contributed by atoms with Gasteiger partial charge in [-0.25, -0.2) is 0 Å². The quantitative estimate of drug-likeness (QED) is 0.555. The van der Waals surface area contributed by atoms with Crippen LogP contribution in [0.15, 0.2) is 10.9 Å². The van der Waals surface area contributed by atoms with E-state index in [-0.39, 0.29) is 9.48 Å². The van der Waals surface area contributed by atoms with Crippen LogP contribution in [0.5, 0.6) is 6.01 Å². The van der Waals surface area contributed by atoms with Crippen molar-refractivity contribution in [2.24, 2.45) is 0 Å². The molecule has 58 valence electrons. The molecule has 1 aromatic rings. The normalized spacial score (nSPS) is 9.55. The van der Waals surface area contributed by atoms with Crippen molar-refractivity contribution in [1.29, 1.82) is 0 Å². The first-order chi connectivity index (χ1) is 5.09. The molecule has 0 bridgehead atoms. The van der Waals surface area contributed by atoms with Crippen LogP contribution in [0.1, 0.15) is 10.5 Å². The van der Waals surface area contributed by atoms with E-state index < -0.39 is 11.6 Å². The zero-order chi connectivity index (χ0) is 8.43. The van der Waals surface area contributed by atoms with Gasteiger partial charge in [-0.15, -0.1) is 0 Å². The van der Waals surface area contributed by atoms with Crippen LogP contribution in [0.3, 0.4) is 0 Å². The summed E-state index contributed by atoms with van der Waals surface area (Å²) in [6.45, 7) is 0. The first-order valence-corrected chi connectivity index (χ1v) is 3.67. The Morgan fingerprint density at radius 3 is 2.82 bits per heavy atom. The number of aromatic hydroxyl groups is 1. The van der Waals surface area contributed by atoms with Crippen LogP contribution in [0.2, 0.25) is 0 Å². The monoisotopic (exact) mass is 266 g/mol. The highest BCUT2D eigenvalue weighted by atomic mass is 127. The zero-order valence-corrected chi connectivity index (χ0v) is 7.32. The third kappa shape index (κ3) is 2.00. The molecule has 0 amide bonds. The van der Waals surface area contributed by atoms with Gasteiger partial charge in [-0.05, 0) is 0 Å². The molecule has 0 unspecified atom stereocenters. The first kappa shape index (κ1) is 8.18. The number of hydrogen-bond donors (Lipinski definition) is 2. The summed E-state index contributed by atoms with van der Waals surface area (Å²) >= 11 is 1.48. The van der Waals surface area contributed by atoms with Crippen LogP contribution in [0, 0.1) is 0 Å². The van der Waals surface area contributed by atoms with E-state index in [1.807, 2.05) is 4.98 Å². The molecule has 0 radical (unpaired) electrons. The Bertz CT molecular complexity index is 346. The van der Waals surface area contributed by atoms with Crippen molar-refractivity contribution in [2.45, 2.75) is 0 Å². The minimum absolute atomic E-state index is 0.0492. The number of nitrogens with zero attached hydrogens (tertiary/aromatic N) is 1. The summed E-state index contributed by atoms with van der Waals surface area (Å²) < 4.78 is -0.385. The molecule has 0 atom stereocenters. The molecule has 1 rings (SSSR count). The van der Waals surface area contributed by atoms with Crippen molar-refractivity contribution in [3.8, 4) is 6.01 Å². The molecular weight excluding hydrogens is 263 g/mol. The van der Waals surface area contributed by atoms with Gasteiger partial charge in [0.05, 0.1) is 0 Å². The van der Waals surface area contributed by atoms with Crippen LogP contribution >= 0.6 is 22.6 Å². The number of carbonyl (C=O) groups excluding carboxylic acids is 1. The number of carbonyl (C=O) groups is 1. The molecule has 0 saturated carbocycles. The Balaban J connectivity index is 3.30. The standard InChI is InChI=1S/C5H3IN2O3/c6-4(10)2-1-3(9)8-5(11)7-2/h1H,(H2,7,8,9,11). The minimum Gasteiger partial charge on any atom is -0.480 e. The van der Waals surface area contributed by atoms with Crippen LogP contribution in [-0.4, -0.2) is 18.9 Å². The van der Waals surface area contributed by atoms with Gasteiger partial charge in [0.15, 0.2) is 0 Å². The lowest BCUT2D eigenvalue weighted by atomic mass is 10.4. The molecule has 0 spiro atoms. The zero-order valence-electron chi connectivity index (χ0n) is 5.17. The number of rotatable bonds is 1. The van der Waals surface area contributed by atoms with E-state index in [9.17, 15) is 9.59 Å². The molecule has 0 aromatic carbocycles. The summed E-state index contributed by atoms with van der Waals surface area (Å²) in [5, 5.41) is 8.72. The van der Waals surface area contributed by atoms with E-state index >= 15 is 0 Å². The Labute approximate surface area is 74.6 Å². The van der Waals surface area contributed by atoms with Crippen LogP contribution in [-0.2, 0) is 0 Å². The highest BCUT2D eigenvalue weighted by Crippen LogP contribution is 2.02. The Kier molecular flexibility index (Phi) is 2.22. The number of nitrogens with one attached hydrogen (secondary N) is 1. The second-order valence-corrected chi connectivity index (χ2v) is 2.71. The SMILES string of the molecule is O=C(I)c1cc(=O)[nH]c(O)n1. The van der Waals surface area contributed by atoms with Gasteiger partial charge in [-0.2, -0.15) is 4.98 Å². The molecule has 1 aromatic heterocycles. The fourth-order valence-corrected chi connectivity index (χ4v) is 0.822. The molecule has 6 heteroatoms. The third-order valence-corrected chi connectivity index (χ3v) is 1.48. The maximum atomic E-state index is 10.6. The Morgan fingerprint density at radius 1 is 1.73 bits per heavy atom. The van der Waals surface area contributed by atoms with Crippen molar-refractivity contribution in [1.82, 2.24) is 9.97 Å². The van der Waals surface area contributed by atoms with Gasteiger partial charge in [0.2, 0.25) is 3.79 Å². The highest BCUT2D eigenvalue weighted by molar-refractivity contribution is 14.1. The predicted molar refractivity (Wildman–Crippen MR) is 44.9 cm³/mol. The summed E-state index contributed by atoms with van der Waals surface area (Å²) in [5.41, 5.74) is -0.593. The van der Waals surface area contributed by atoms with E-state index in [1.54, 1.807) is 0 Å². The van der Waals surface area contributed by atoms with Gasteiger partial charge in [0.1, 0.15) is 5.69 Å². The topological polar surface area (TPSA) is 83.0 Å². The lowest BCUT2D eigenvalue weighted by molar-refractivity contribution is 0.110. The van der Waals surface area contributed by atoms with Gasteiger partial charge < -0.3 is 5.11 Å². The second kappa shape index (κ2) is 2.99. The van der Waals surface area contributed by atoms with Gasteiger partial charge in [-0.1, -0.05) is 0 Å². The molecule has 2 N–H and O–H groups in total. The molecular formula is C5H3IN2O3. The van der Waals surface area contributed by atoms with E-state index in [0.717, 1.165) is 6.07 Å². The Morgan fingerprint density at radius 2 is 2.36 bits per heavy atom. The van der Waals surface area contributed by atoms with Crippen LogP contribution < -0.4 is 5.56 Å². The van der Waals surface area contributed by atoms with E-state index in [4.69, 9.17) is 5.11 Å². The molecule has 5 nitrogen and oxygen atoms in total. The minimum atomic E-state index is -0.544. The molecule has 0 aliphatic rings. The number of aromatic amines is 1.